The number of carbonyl (C=O) groups is 2. The molecule has 2 unspecified atom stereocenters. The van der Waals surface area contributed by atoms with Crippen LogP contribution in [0.15, 0.2) is 18.2 Å². The Labute approximate surface area is 125 Å². The molecule has 0 aliphatic heterocycles. The molecule has 8 heteroatoms. The van der Waals surface area contributed by atoms with Crippen LogP contribution in [-0.2, 0) is 4.79 Å². The van der Waals surface area contributed by atoms with Gasteiger partial charge >= 0.3 is 0 Å². The molecule has 114 valence electrons. The summed E-state index contributed by atoms with van der Waals surface area (Å²) in [6.45, 7) is 1.40. The van der Waals surface area contributed by atoms with Crippen LogP contribution in [0.5, 0.6) is 0 Å². The SMILES string of the molecule is CC(=O)SCCC(O)C(O)c1ccc([N+](=O)[O-])cc1C=O. The number of hydrogen-bond donors (Lipinski definition) is 2. The summed E-state index contributed by atoms with van der Waals surface area (Å²) in [6, 6.07) is 3.44. The molecule has 0 radical (unpaired) electrons. The summed E-state index contributed by atoms with van der Waals surface area (Å²) in [6.07, 6.45) is -1.97. The minimum absolute atomic E-state index is 0.0463. The largest absolute Gasteiger partial charge is 0.390 e. The van der Waals surface area contributed by atoms with Crippen molar-refractivity contribution >= 4 is 28.9 Å². The highest BCUT2D eigenvalue weighted by molar-refractivity contribution is 8.13. The zero-order chi connectivity index (χ0) is 16.0. The van der Waals surface area contributed by atoms with Gasteiger partial charge in [0, 0.05) is 30.4 Å². The summed E-state index contributed by atoms with van der Waals surface area (Å²) in [5.74, 6) is 0.330. The van der Waals surface area contributed by atoms with E-state index in [0.29, 0.717) is 12.0 Å². The lowest BCUT2D eigenvalue weighted by atomic mass is 9.97. The molecule has 2 atom stereocenters. The number of aliphatic hydroxyl groups excluding tert-OH is 2. The van der Waals surface area contributed by atoms with Crippen molar-refractivity contribution in [3.8, 4) is 0 Å². The maximum Gasteiger partial charge on any atom is 0.270 e. The number of benzene rings is 1. The van der Waals surface area contributed by atoms with Gasteiger partial charge in [0.15, 0.2) is 11.4 Å². The molecule has 1 aromatic rings. The average Bonchev–Trinajstić information content (AvgIpc) is 2.45. The Morgan fingerprint density at radius 2 is 2.14 bits per heavy atom. The molecule has 0 aliphatic carbocycles. The second-order valence-electron chi connectivity index (χ2n) is 4.33. The van der Waals surface area contributed by atoms with Crippen molar-refractivity contribution in [1.82, 2.24) is 0 Å². The van der Waals surface area contributed by atoms with E-state index in [4.69, 9.17) is 0 Å². The molecule has 0 fully saturated rings. The Kier molecular flexibility index (Phi) is 6.47. The number of non-ortho nitro benzene ring substituents is 1. The second-order valence-corrected chi connectivity index (χ2v) is 5.60. The van der Waals surface area contributed by atoms with Gasteiger partial charge in [0.2, 0.25) is 0 Å². The Morgan fingerprint density at radius 3 is 2.67 bits per heavy atom. The number of carbonyl (C=O) groups excluding carboxylic acids is 2. The van der Waals surface area contributed by atoms with Gasteiger partial charge in [-0.2, -0.15) is 0 Å². The minimum atomic E-state index is -1.35. The van der Waals surface area contributed by atoms with E-state index in [-0.39, 0.29) is 28.4 Å². The van der Waals surface area contributed by atoms with Crippen LogP contribution in [0.25, 0.3) is 0 Å². The first-order valence-electron chi connectivity index (χ1n) is 6.09. The standard InChI is InChI=1S/C13H15NO6S/c1-8(16)21-5-4-12(17)13(18)11-3-2-10(14(19)20)6-9(11)7-15/h2-3,6-7,12-13,17-18H,4-5H2,1H3. The molecule has 0 saturated carbocycles. The summed E-state index contributed by atoms with van der Waals surface area (Å²) >= 11 is 1.02. The molecule has 2 N–H and O–H groups in total. The Bertz CT molecular complexity index is 547. The molecule has 0 aromatic heterocycles. The normalized spacial score (nSPS) is 13.5. The number of aliphatic hydroxyl groups is 2. The molecule has 1 aromatic carbocycles. The van der Waals surface area contributed by atoms with E-state index in [1.54, 1.807) is 0 Å². The first-order chi connectivity index (χ1) is 9.86. The van der Waals surface area contributed by atoms with Crippen LogP contribution < -0.4 is 0 Å². The fraction of sp³-hybridized carbons (Fsp3) is 0.385. The zero-order valence-corrected chi connectivity index (χ0v) is 12.1. The first kappa shape index (κ1) is 17.3. The molecule has 0 spiro atoms. The highest BCUT2D eigenvalue weighted by Gasteiger charge is 2.22. The molecule has 0 heterocycles. The van der Waals surface area contributed by atoms with Crippen molar-refractivity contribution in [3.05, 3.63) is 39.4 Å². The van der Waals surface area contributed by atoms with Gasteiger partial charge in [0.25, 0.3) is 5.69 Å². The molecule has 21 heavy (non-hydrogen) atoms. The predicted molar refractivity (Wildman–Crippen MR) is 77.2 cm³/mol. The molecule has 0 aliphatic rings. The highest BCUT2D eigenvalue weighted by atomic mass is 32.2. The first-order valence-corrected chi connectivity index (χ1v) is 7.08. The zero-order valence-electron chi connectivity index (χ0n) is 11.3. The van der Waals surface area contributed by atoms with Crippen LogP contribution >= 0.6 is 11.8 Å². The van der Waals surface area contributed by atoms with Gasteiger partial charge in [0.05, 0.1) is 11.0 Å². The van der Waals surface area contributed by atoms with Crippen LogP contribution in [0.4, 0.5) is 5.69 Å². The summed E-state index contributed by atoms with van der Waals surface area (Å²) in [4.78, 5) is 31.7. The number of nitro benzene ring substituents is 1. The smallest absolute Gasteiger partial charge is 0.270 e. The molecule has 0 amide bonds. The summed E-state index contributed by atoms with van der Waals surface area (Å²) in [5.41, 5.74) is -0.194. The molecular formula is C13H15NO6S. The summed E-state index contributed by atoms with van der Waals surface area (Å²) in [5, 5.41) is 30.4. The van der Waals surface area contributed by atoms with Crippen LogP contribution in [0.1, 0.15) is 35.4 Å². The summed E-state index contributed by atoms with van der Waals surface area (Å²) < 4.78 is 0. The van der Waals surface area contributed by atoms with E-state index in [2.05, 4.69) is 0 Å². The van der Waals surface area contributed by atoms with Crippen molar-refractivity contribution in [2.75, 3.05) is 5.75 Å². The maximum absolute atomic E-state index is 11.0. The molecule has 0 saturated heterocycles. The number of thioether (sulfide) groups is 1. The third kappa shape index (κ3) is 4.92. The summed E-state index contributed by atoms with van der Waals surface area (Å²) in [7, 11) is 0. The van der Waals surface area contributed by atoms with Crippen molar-refractivity contribution in [3.63, 3.8) is 0 Å². The minimum Gasteiger partial charge on any atom is -0.390 e. The number of aldehydes is 1. The number of nitro groups is 1. The lowest BCUT2D eigenvalue weighted by Gasteiger charge is -2.19. The van der Waals surface area contributed by atoms with E-state index in [0.717, 1.165) is 23.9 Å². The van der Waals surface area contributed by atoms with Crippen molar-refractivity contribution in [2.45, 2.75) is 25.6 Å². The maximum atomic E-state index is 11.0. The Balaban J connectivity index is 2.85. The van der Waals surface area contributed by atoms with Gasteiger partial charge in [-0.05, 0) is 18.1 Å². The third-order valence-electron chi connectivity index (χ3n) is 2.81. The number of nitrogens with zero attached hydrogens (tertiary/aromatic N) is 1. The van der Waals surface area contributed by atoms with Crippen molar-refractivity contribution < 1.29 is 24.7 Å². The van der Waals surface area contributed by atoms with Gasteiger partial charge < -0.3 is 10.2 Å². The number of rotatable bonds is 7. The lowest BCUT2D eigenvalue weighted by molar-refractivity contribution is -0.384. The highest BCUT2D eigenvalue weighted by Crippen LogP contribution is 2.26. The van der Waals surface area contributed by atoms with Gasteiger partial charge in [-0.1, -0.05) is 11.8 Å². The van der Waals surface area contributed by atoms with Crippen LogP contribution in [0, 0.1) is 10.1 Å². The van der Waals surface area contributed by atoms with E-state index in [1.807, 2.05) is 0 Å². The van der Waals surface area contributed by atoms with E-state index in [9.17, 15) is 29.9 Å². The van der Waals surface area contributed by atoms with Crippen LogP contribution in [0.2, 0.25) is 0 Å². The van der Waals surface area contributed by atoms with Crippen molar-refractivity contribution in [2.24, 2.45) is 0 Å². The fourth-order valence-electron chi connectivity index (χ4n) is 1.74. The van der Waals surface area contributed by atoms with Gasteiger partial charge in [-0.3, -0.25) is 19.7 Å². The van der Waals surface area contributed by atoms with Gasteiger partial charge in [0.1, 0.15) is 6.10 Å². The molecule has 1 rings (SSSR count). The Morgan fingerprint density at radius 1 is 1.48 bits per heavy atom. The average molecular weight is 313 g/mol. The fourth-order valence-corrected chi connectivity index (χ4v) is 2.38. The van der Waals surface area contributed by atoms with E-state index in [1.165, 1.54) is 13.0 Å². The van der Waals surface area contributed by atoms with Crippen LogP contribution in [0.3, 0.4) is 0 Å². The van der Waals surface area contributed by atoms with E-state index < -0.39 is 17.1 Å². The Hall–Kier alpha value is -1.77. The number of hydrogen-bond acceptors (Lipinski definition) is 7. The van der Waals surface area contributed by atoms with Gasteiger partial charge in [-0.15, -0.1) is 0 Å². The predicted octanol–water partition coefficient (Wildman–Crippen LogP) is 1.47. The van der Waals surface area contributed by atoms with Crippen molar-refractivity contribution in [1.29, 1.82) is 0 Å². The molecular weight excluding hydrogens is 298 g/mol. The monoisotopic (exact) mass is 313 g/mol. The third-order valence-corrected chi connectivity index (χ3v) is 3.66. The lowest BCUT2D eigenvalue weighted by Crippen LogP contribution is -2.20. The van der Waals surface area contributed by atoms with Crippen LogP contribution in [-0.4, -0.2) is 38.4 Å². The van der Waals surface area contributed by atoms with E-state index >= 15 is 0 Å². The second kappa shape index (κ2) is 7.87. The topological polar surface area (TPSA) is 118 Å². The molecule has 0 bridgehead atoms. The molecule has 7 nitrogen and oxygen atoms in total. The quantitative estimate of drug-likeness (QED) is 0.444. The van der Waals surface area contributed by atoms with Gasteiger partial charge in [-0.25, -0.2) is 0 Å².